The molecule has 4 amide bonds. The summed E-state index contributed by atoms with van der Waals surface area (Å²) >= 11 is 0. The fourth-order valence-electron chi connectivity index (χ4n) is 8.36. The molecule has 0 bridgehead atoms. The molecule has 80 heavy (non-hydrogen) atoms. The highest BCUT2D eigenvalue weighted by atomic mass is 16.5. The number of nitrogens with one attached hydrogen (secondary N) is 4. The Kier molecular flexibility index (Phi) is 28.2. The van der Waals surface area contributed by atoms with Crippen LogP contribution in [0.3, 0.4) is 0 Å². The monoisotopic (exact) mass is 1110 g/mol. The van der Waals surface area contributed by atoms with E-state index < -0.39 is 53.5 Å². The van der Waals surface area contributed by atoms with E-state index in [0.717, 1.165) is 0 Å². The average molecular weight is 1110 g/mol. The number of nitrogens with zero attached hydrogens (tertiary/aromatic N) is 3. The molecule has 0 aliphatic heterocycles. The number of benzene rings is 3. The number of Topliss-reactive ketones (excluding diaryl/α,β-unsaturated/α-hetero) is 4. The topological polar surface area (TPSA) is 432 Å². The van der Waals surface area contributed by atoms with Gasteiger partial charge in [0.25, 0.3) is 17.7 Å². The average Bonchev–Trinajstić information content (AvgIpc) is 3.47. The van der Waals surface area contributed by atoms with Gasteiger partial charge in [-0.15, -0.1) is 0 Å². The standard InChI is InChI=1S/C55H80N14O11/c1-6-42(70)39(12-9-23-63-53(57)58)67-50(75)37-27-34(17-20-47(37)79-4)30-44(72)41(14-11-25-65-55(61)62)69-52(77)38-28-35(18-21-48(38)80-5)31-45(73)40(13-10-24-64-54(59)60)68-51(76)36-26-33(16-19-46(36)78-3)29-43(71)32(2)66-49(74)15-7-8-22-56/h16-21,26-28,32,39-41H,6-15,22-25,29-31,56H2,1-5H3,(H,66,74)(H,67,75)(H,68,76)(H,69,77)(H4,57,58,63)(H4,59,60,64)(H4,61,62,65)/t32-,39-,40-,41-/m1/s1. The van der Waals surface area contributed by atoms with Gasteiger partial charge in [0.15, 0.2) is 41.0 Å². The van der Waals surface area contributed by atoms with Crippen LogP contribution in [-0.2, 0) is 43.2 Å². The van der Waals surface area contributed by atoms with Gasteiger partial charge in [0, 0.05) is 51.7 Å². The minimum Gasteiger partial charge on any atom is -0.496 e. The van der Waals surface area contributed by atoms with Crippen LogP contribution in [0.5, 0.6) is 17.2 Å². The second-order valence-corrected chi connectivity index (χ2v) is 18.8. The fourth-order valence-corrected chi connectivity index (χ4v) is 8.36. The van der Waals surface area contributed by atoms with E-state index in [0.29, 0.717) is 42.5 Å². The van der Waals surface area contributed by atoms with Crippen LogP contribution in [-0.4, -0.2) is 136 Å². The third kappa shape index (κ3) is 22.4. The van der Waals surface area contributed by atoms with E-state index in [-0.39, 0.29) is 153 Å². The highest BCUT2D eigenvalue weighted by molar-refractivity contribution is 6.03. The summed E-state index contributed by atoms with van der Waals surface area (Å²) in [5, 5.41) is 11.1. The van der Waals surface area contributed by atoms with Gasteiger partial charge in [-0.3, -0.25) is 53.3 Å². The van der Waals surface area contributed by atoms with Crippen molar-refractivity contribution in [3.05, 3.63) is 88.0 Å². The summed E-state index contributed by atoms with van der Waals surface area (Å²) in [6, 6.07) is 9.89. The maximum Gasteiger partial charge on any atom is 0.255 e. The lowest BCUT2D eigenvalue weighted by Gasteiger charge is -2.21. The van der Waals surface area contributed by atoms with Gasteiger partial charge in [0.1, 0.15) is 17.2 Å². The zero-order valence-corrected chi connectivity index (χ0v) is 46.4. The number of unbranched alkanes of at least 4 members (excludes halogenated alkanes) is 1. The number of guanidine groups is 3. The van der Waals surface area contributed by atoms with Gasteiger partial charge in [-0.2, -0.15) is 0 Å². The molecule has 436 valence electrons. The molecule has 4 atom stereocenters. The minimum atomic E-state index is -1.12. The third-order valence-corrected chi connectivity index (χ3v) is 12.6. The quantitative estimate of drug-likeness (QED) is 0.0213. The molecule has 0 aliphatic rings. The second-order valence-electron chi connectivity index (χ2n) is 18.8. The molecule has 0 saturated carbocycles. The fraction of sp³-hybridized carbons (Fsp3) is 0.473. The Labute approximate surface area is 466 Å². The molecule has 18 N–H and O–H groups in total. The molecule has 25 nitrogen and oxygen atoms in total. The molecule has 0 aromatic heterocycles. The Bertz CT molecular complexity index is 2720. The molecule has 3 aromatic rings. The number of hydrogen-bond acceptors (Lipinski definition) is 15. The van der Waals surface area contributed by atoms with Crippen LogP contribution in [0.15, 0.2) is 69.6 Å². The largest absolute Gasteiger partial charge is 0.496 e. The van der Waals surface area contributed by atoms with Crippen LogP contribution < -0.4 is 75.6 Å². The van der Waals surface area contributed by atoms with Crippen molar-refractivity contribution < 1.29 is 52.6 Å². The maximum absolute atomic E-state index is 14.3. The summed E-state index contributed by atoms with van der Waals surface area (Å²) < 4.78 is 16.5. The second kappa shape index (κ2) is 34.3. The van der Waals surface area contributed by atoms with Gasteiger partial charge in [0.2, 0.25) is 5.91 Å². The molecule has 0 fully saturated rings. The number of carbonyl (C=O) groups is 8. The number of aliphatic imine (C=N–C) groups is 3. The zero-order chi connectivity index (χ0) is 59.3. The Morgan fingerprint density at radius 1 is 0.475 bits per heavy atom. The van der Waals surface area contributed by atoms with E-state index in [4.69, 9.17) is 54.3 Å². The number of hydrogen-bond donors (Lipinski definition) is 11. The van der Waals surface area contributed by atoms with Gasteiger partial charge in [-0.1, -0.05) is 25.1 Å². The lowest BCUT2D eigenvalue weighted by molar-refractivity contribution is -0.127. The van der Waals surface area contributed by atoms with E-state index in [1.165, 1.54) is 57.7 Å². The molecule has 0 saturated heterocycles. The van der Waals surface area contributed by atoms with Crippen molar-refractivity contribution in [1.29, 1.82) is 0 Å². The zero-order valence-electron chi connectivity index (χ0n) is 46.4. The van der Waals surface area contributed by atoms with E-state index in [1.807, 2.05) is 0 Å². The van der Waals surface area contributed by atoms with Crippen LogP contribution in [0.2, 0.25) is 0 Å². The first-order chi connectivity index (χ1) is 38.1. The van der Waals surface area contributed by atoms with Crippen molar-refractivity contribution >= 4 is 64.6 Å². The first-order valence-electron chi connectivity index (χ1n) is 26.3. The molecule has 3 aromatic carbocycles. The van der Waals surface area contributed by atoms with Gasteiger partial charge >= 0.3 is 0 Å². The van der Waals surface area contributed by atoms with Crippen LogP contribution in [0.4, 0.5) is 0 Å². The first-order valence-corrected chi connectivity index (χ1v) is 26.3. The first kappa shape index (κ1) is 65.7. The van der Waals surface area contributed by atoms with Crippen LogP contribution in [0, 0.1) is 0 Å². The molecular formula is C55H80N14O11. The van der Waals surface area contributed by atoms with Gasteiger partial charge in [-0.25, -0.2) is 0 Å². The summed E-state index contributed by atoms with van der Waals surface area (Å²) in [6.45, 7) is 4.25. The van der Waals surface area contributed by atoms with E-state index in [2.05, 4.69) is 36.2 Å². The van der Waals surface area contributed by atoms with E-state index in [9.17, 15) is 38.4 Å². The van der Waals surface area contributed by atoms with Crippen molar-refractivity contribution in [2.75, 3.05) is 47.5 Å². The predicted octanol–water partition coefficient (Wildman–Crippen LogP) is 0.516. The van der Waals surface area contributed by atoms with Crippen molar-refractivity contribution in [2.24, 2.45) is 55.1 Å². The van der Waals surface area contributed by atoms with E-state index >= 15 is 0 Å². The predicted molar refractivity (Wildman–Crippen MR) is 304 cm³/mol. The smallest absolute Gasteiger partial charge is 0.255 e. The van der Waals surface area contributed by atoms with Crippen molar-refractivity contribution in [3.63, 3.8) is 0 Å². The summed E-state index contributed by atoms with van der Waals surface area (Å²) in [6.07, 6.45) is 2.42. The summed E-state index contributed by atoms with van der Waals surface area (Å²) in [4.78, 5) is 121. The molecule has 0 spiro atoms. The van der Waals surface area contributed by atoms with Gasteiger partial charge < -0.3 is 75.6 Å². The Morgan fingerprint density at radius 3 is 1.12 bits per heavy atom. The van der Waals surface area contributed by atoms with Crippen molar-refractivity contribution in [3.8, 4) is 17.2 Å². The Hall–Kier alpha value is -8.61. The molecule has 0 heterocycles. The highest BCUT2D eigenvalue weighted by Crippen LogP contribution is 2.25. The van der Waals surface area contributed by atoms with Gasteiger partial charge in [0.05, 0.1) is 62.2 Å². The van der Waals surface area contributed by atoms with Gasteiger partial charge in [-0.05, 0) is 118 Å². The number of ketones is 4. The Morgan fingerprint density at radius 2 is 0.812 bits per heavy atom. The van der Waals surface area contributed by atoms with Crippen molar-refractivity contribution in [2.45, 2.75) is 121 Å². The number of carbonyl (C=O) groups excluding carboxylic acids is 8. The third-order valence-electron chi connectivity index (χ3n) is 12.6. The summed E-state index contributed by atoms with van der Waals surface area (Å²) in [7, 11) is 4.10. The molecular weight excluding hydrogens is 1030 g/mol. The number of rotatable bonds is 37. The summed E-state index contributed by atoms with van der Waals surface area (Å²) in [5.41, 5.74) is 39.9. The lowest BCUT2D eigenvalue weighted by Crippen LogP contribution is -2.42. The number of amides is 4. The Balaban J connectivity index is 1.91. The van der Waals surface area contributed by atoms with Crippen LogP contribution in [0.25, 0.3) is 0 Å². The minimum absolute atomic E-state index is 0.0115. The highest BCUT2D eigenvalue weighted by Gasteiger charge is 2.28. The molecule has 25 heteroatoms. The van der Waals surface area contributed by atoms with Crippen LogP contribution in [0.1, 0.15) is 126 Å². The van der Waals surface area contributed by atoms with E-state index in [1.54, 1.807) is 32.0 Å². The normalized spacial score (nSPS) is 12.2. The number of nitrogens with two attached hydrogens (primary N) is 7. The molecule has 3 rings (SSSR count). The number of methoxy groups -OCH3 is 3. The molecule has 0 aliphatic carbocycles. The molecule has 0 unspecified atom stereocenters. The molecule has 0 radical (unpaired) electrons. The maximum atomic E-state index is 14.3. The number of ether oxygens (including phenoxy) is 3. The van der Waals surface area contributed by atoms with Crippen LogP contribution >= 0.6 is 0 Å². The lowest BCUT2D eigenvalue weighted by atomic mass is 9.96. The van der Waals surface area contributed by atoms with Crippen molar-refractivity contribution in [1.82, 2.24) is 21.3 Å². The summed E-state index contributed by atoms with van der Waals surface area (Å²) in [5.74, 6) is -3.61. The SMILES string of the molecule is CCC(=O)[C@@H](CCCN=C(N)N)NC(=O)c1cc(CC(=O)[C@@H](CCCN=C(N)N)NC(=O)c2cc(CC(=O)[C@@H](CCCN=C(N)N)NC(=O)c3cc(CC(=O)[C@@H](C)NC(=O)CCCCN)ccc3OC)ccc2OC)ccc1OC.